The fourth-order valence-electron chi connectivity index (χ4n) is 2.20. The van der Waals surface area contributed by atoms with Crippen molar-refractivity contribution in [3.8, 4) is 0 Å². The van der Waals surface area contributed by atoms with Crippen LogP contribution in [0.4, 0.5) is 0 Å². The molecule has 1 fully saturated rings. The molecule has 1 aromatic heterocycles. The molecule has 88 valence electrons. The van der Waals surface area contributed by atoms with Gasteiger partial charge >= 0.3 is 0 Å². The maximum Gasteiger partial charge on any atom is 0.263 e. The molecule has 0 radical (unpaired) electrons. The summed E-state index contributed by atoms with van der Waals surface area (Å²) in [6.45, 7) is 2.00. The minimum absolute atomic E-state index is 0.0506. The molecule has 4 nitrogen and oxygen atoms in total. The lowest BCUT2D eigenvalue weighted by Crippen LogP contribution is -2.38. The van der Waals surface area contributed by atoms with Gasteiger partial charge in [-0.25, -0.2) is 4.98 Å². The van der Waals surface area contributed by atoms with Gasteiger partial charge in [-0.05, 0) is 19.8 Å². The maximum atomic E-state index is 11.9. The zero-order valence-electron chi connectivity index (χ0n) is 9.27. The van der Waals surface area contributed by atoms with Crippen molar-refractivity contribution in [1.29, 1.82) is 0 Å². The molecule has 0 aromatic carbocycles. The first-order valence-electron chi connectivity index (χ1n) is 5.54. The molecule has 0 aliphatic heterocycles. The second-order valence-electron chi connectivity index (χ2n) is 4.22. The number of carbonyl (C=O) groups excluding carboxylic acids is 1. The number of hydrogen-bond donors (Lipinski definition) is 2. The van der Waals surface area contributed by atoms with Crippen molar-refractivity contribution in [2.45, 2.75) is 32.2 Å². The first kappa shape index (κ1) is 11.5. The zero-order valence-corrected chi connectivity index (χ0v) is 10.1. The van der Waals surface area contributed by atoms with Gasteiger partial charge in [-0.15, -0.1) is 11.3 Å². The van der Waals surface area contributed by atoms with Crippen LogP contribution < -0.4 is 5.32 Å². The highest BCUT2D eigenvalue weighted by atomic mass is 32.1. The van der Waals surface area contributed by atoms with Crippen molar-refractivity contribution < 1.29 is 9.90 Å². The molecule has 2 N–H and O–H groups in total. The molecule has 2 unspecified atom stereocenters. The first-order chi connectivity index (χ1) is 7.72. The van der Waals surface area contributed by atoms with E-state index in [0.29, 0.717) is 4.88 Å². The van der Waals surface area contributed by atoms with E-state index in [-0.39, 0.29) is 24.5 Å². The van der Waals surface area contributed by atoms with E-state index in [1.54, 1.807) is 5.51 Å². The van der Waals surface area contributed by atoms with Crippen LogP contribution in [0.15, 0.2) is 5.51 Å². The molecule has 16 heavy (non-hydrogen) atoms. The van der Waals surface area contributed by atoms with Gasteiger partial charge in [0.2, 0.25) is 0 Å². The normalized spacial score (nSPS) is 24.6. The van der Waals surface area contributed by atoms with Gasteiger partial charge in [0.05, 0.1) is 11.2 Å². The molecule has 1 aromatic rings. The number of thiazole rings is 1. The van der Waals surface area contributed by atoms with Gasteiger partial charge in [-0.2, -0.15) is 0 Å². The maximum absolute atomic E-state index is 11.9. The summed E-state index contributed by atoms with van der Waals surface area (Å²) < 4.78 is 0. The second kappa shape index (κ2) is 4.93. The summed E-state index contributed by atoms with van der Waals surface area (Å²) in [6, 6.07) is 0.124. The number of aliphatic hydroxyl groups is 1. The molecule has 1 saturated carbocycles. The van der Waals surface area contributed by atoms with Gasteiger partial charge < -0.3 is 10.4 Å². The summed E-state index contributed by atoms with van der Waals surface area (Å²) in [5, 5.41) is 12.2. The molecule has 1 heterocycles. The lowest BCUT2D eigenvalue weighted by molar-refractivity contribution is 0.0919. The minimum atomic E-state index is -0.0506. The molecule has 1 amide bonds. The summed E-state index contributed by atoms with van der Waals surface area (Å²) in [4.78, 5) is 16.7. The van der Waals surface area contributed by atoms with Crippen LogP contribution in [-0.4, -0.2) is 28.6 Å². The van der Waals surface area contributed by atoms with Crippen LogP contribution >= 0.6 is 11.3 Å². The Morgan fingerprint density at radius 1 is 1.69 bits per heavy atom. The van der Waals surface area contributed by atoms with Crippen LogP contribution in [0.1, 0.15) is 34.6 Å². The fraction of sp³-hybridized carbons (Fsp3) is 0.636. The largest absolute Gasteiger partial charge is 0.396 e. The van der Waals surface area contributed by atoms with Gasteiger partial charge in [0.1, 0.15) is 4.88 Å². The number of carbonyl (C=O) groups is 1. The van der Waals surface area contributed by atoms with Crippen molar-refractivity contribution in [3.63, 3.8) is 0 Å². The fourth-order valence-corrected chi connectivity index (χ4v) is 2.90. The minimum Gasteiger partial charge on any atom is -0.396 e. The second-order valence-corrected chi connectivity index (χ2v) is 5.08. The smallest absolute Gasteiger partial charge is 0.263 e. The molecular weight excluding hydrogens is 224 g/mol. The van der Waals surface area contributed by atoms with Gasteiger partial charge in [0, 0.05) is 18.6 Å². The van der Waals surface area contributed by atoms with Crippen molar-refractivity contribution in [3.05, 3.63) is 16.1 Å². The standard InChI is InChI=1S/C11H16N2O2S/c1-7-10(16-6-12-7)11(15)13-9-4-2-3-8(9)5-14/h6,8-9,14H,2-5H2,1H3,(H,13,15). The topological polar surface area (TPSA) is 62.2 Å². The van der Waals surface area contributed by atoms with E-state index in [0.717, 1.165) is 25.0 Å². The average molecular weight is 240 g/mol. The Bertz CT molecular complexity index is 378. The summed E-state index contributed by atoms with van der Waals surface area (Å²) in [5.74, 6) is 0.169. The SMILES string of the molecule is Cc1ncsc1C(=O)NC1CCCC1CO. The Morgan fingerprint density at radius 3 is 3.12 bits per heavy atom. The highest BCUT2D eigenvalue weighted by Gasteiger charge is 2.28. The van der Waals surface area contributed by atoms with Gasteiger partial charge in [-0.3, -0.25) is 4.79 Å². The Hall–Kier alpha value is -0.940. The Morgan fingerprint density at radius 2 is 2.50 bits per heavy atom. The van der Waals surface area contributed by atoms with Crippen molar-refractivity contribution >= 4 is 17.2 Å². The monoisotopic (exact) mass is 240 g/mol. The van der Waals surface area contributed by atoms with Crippen LogP contribution in [0.25, 0.3) is 0 Å². The van der Waals surface area contributed by atoms with Crippen LogP contribution in [0.2, 0.25) is 0 Å². The lowest BCUT2D eigenvalue weighted by Gasteiger charge is -2.18. The molecule has 2 atom stereocenters. The lowest BCUT2D eigenvalue weighted by atomic mass is 10.1. The quantitative estimate of drug-likeness (QED) is 0.838. The van der Waals surface area contributed by atoms with Crippen LogP contribution in [0.5, 0.6) is 0 Å². The van der Waals surface area contributed by atoms with Crippen LogP contribution in [-0.2, 0) is 0 Å². The molecule has 0 saturated heterocycles. The molecule has 5 heteroatoms. The number of nitrogens with zero attached hydrogens (tertiary/aromatic N) is 1. The third-order valence-corrected chi connectivity index (χ3v) is 4.09. The van der Waals surface area contributed by atoms with E-state index in [2.05, 4.69) is 10.3 Å². The van der Waals surface area contributed by atoms with Gasteiger partial charge in [-0.1, -0.05) is 6.42 Å². The summed E-state index contributed by atoms with van der Waals surface area (Å²) in [5.41, 5.74) is 2.46. The summed E-state index contributed by atoms with van der Waals surface area (Å²) in [6.07, 6.45) is 3.05. The predicted octanol–water partition coefficient (Wildman–Crippen LogP) is 1.34. The molecule has 2 rings (SSSR count). The Kier molecular flexibility index (Phi) is 3.56. The molecule has 0 bridgehead atoms. The number of hydrogen-bond acceptors (Lipinski definition) is 4. The average Bonchev–Trinajstić information content (AvgIpc) is 2.86. The van der Waals surface area contributed by atoms with Crippen molar-refractivity contribution in [2.24, 2.45) is 5.92 Å². The Balaban J connectivity index is 2.00. The van der Waals surface area contributed by atoms with Crippen LogP contribution in [0, 0.1) is 12.8 Å². The molecule has 1 aliphatic rings. The van der Waals surface area contributed by atoms with E-state index in [4.69, 9.17) is 0 Å². The number of aliphatic hydroxyl groups excluding tert-OH is 1. The third-order valence-electron chi connectivity index (χ3n) is 3.16. The number of nitrogens with one attached hydrogen (secondary N) is 1. The number of aryl methyl sites for hydroxylation is 1. The molecule has 1 aliphatic carbocycles. The zero-order chi connectivity index (χ0) is 11.5. The van der Waals surface area contributed by atoms with Crippen molar-refractivity contribution in [1.82, 2.24) is 10.3 Å². The van der Waals surface area contributed by atoms with Gasteiger partial charge in [0.15, 0.2) is 0 Å². The third kappa shape index (κ3) is 2.25. The van der Waals surface area contributed by atoms with E-state index in [1.165, 1.54) is 11.3 Å². The van der Waals surface area contributed by atoms with Gasteiger partial charge in [0.25, 0.3) is 5.91 Å². The van der Waals surface area contributed by atoms with Crippen LogP contribution in [0.3, 0.4) is 0 Å². The highest BCUT2D eigenvalue weighted by Crippen LogP contribution is 2.25. The highest BCUT2D eigenvalue weighted by molar-refractivity contribution is 7.11. The van der Waals surface area contributed by atoms with E-state index in [9.17, 15) is 9.90 Å². The van der Waals surface area contributed by atoms with Crippen molar-refractivity contribution in [2.75, 3.05) is 6.61 Å². The molecular formula is C11H16N2O2S. The van der Waals surface area contributed by atoms with E-state index < -0.39 is 0 Å². The first-order valence-corrected chi connectivity index (χ1v) is 6.42. The van der Waals surface area contributed by atoms with E-state index >= 15 is 0 Å². The summed E-state index contributed by atoms with van der Waals surface area (Å²) in [7, 11) is 0. The predicted molar refractivity (Wildman–Crippen MR) is 62.5 cm³/mol. The Labute approximate surface area is 98.7 Å². The molecule has 0 spiro atoms. The number of aromatic nitrogens is 1. The number of rotatable bonds is 3. The summed E-state index contributed by atoms with van der Waals surface area (Å²) >= 11 is 1.36. The van der Waals surface area contributed by atoms with E-state index in [1.807, 2.05) is 6.92 Å². The number of amides is 1.